The van der Waals surface area contributed by atoms with Crippen LogP contribution in [0.25, 0.3) is 90.9 Å². The summed E-state index contributed by atoms with van der Waals surface area (Å²) in [6.07, 6.45) is 8.26. The molecule has 0 unspecified atom stereocenters. The molecule has 0 saturated heterocycles. The van der Waals surface area contributed by atoms with Crippen LogP contribution in [0.5, 0.6) is 23.0 Å². The van der Waals surface area contributed by atoms with Crippen LogP contribution in [-0.4, -0.2) is 59.4 Å². The second-order valence-corrected chi connectivity index (χ2v) is 16.1. The molecular weight excluding hydrogens is 789 g/mol. The van der Waals surface area contributed by atoms with Crippen LogP contribution in [0.2, 0.25) is 0 Å². The molecule has 10 heteroatoms. The van der Waals surface area contributed by atoms with Gasteiger partial charge in [-0.25, -0.2) is 14.8 Å². The van der Waals surface area contributed by atoms with E-state index >= 15 is 0 Å². The Bertz CT molecular complexity index is 3020. The third kappa shape index (κ3) is 8.43. The highest BCUT2D eigenvalue weighted by Crippen LogP contribution is 2.39. The van der Waals surface area contributed by atoms with E-state index in [4.69, 9.17) is 33.7 Å². The average Bonchev–Trinajstić information content (AvgIpc) is 4.15. The maximum Gasteiger partial charge on any atom is 0.344 e. The summed E-state index contributed by atoms with van der Waals surface area (Å²) in [6.45, 7) is 5.29. The van der Waals surface area contributed by atoms with Gasteiger partial charge in [-0.1, -0.05) is 48.5 Å². The summed E-state index contributed by atoms with van der Waals surface area (Å²) in [6, 6.07) is 40.1. The van der Waals surface area contributed by atoms with Gasteiger partial charge in [0, 0.05) is 44.3 Å². The summed E-state index contributed by atoms with van der Waals surface area (Å²) < 4.78 is 27.9. The molecule has 0 amide bonds. The molecule has 0 saturated carbocycles. The molecule has 7 aromatic rings. The molecule has 3 aromatic heterocycles. The van der Waals surface area contributed by atoms with Gasteiger partial charge in [0.05, 0.1) is 44.1 Å². The van der Waals surface area contributed by atoms with Crippen LogP contribution in [0.1, 0.15) is 43.5 Å². The fourth-order valence-electron chi connectivity index (χ4n) is 7.92. The van der Waals surface area contributed by atoms with Gasteiger partial charge >= 0.3 is 5.97 Å². The molecule has 4 aromatic carbocycles. The zero-order valence-electron chi connectivity index (χ0n) is 35.9. The van der Waals surface area contributed by atoms with Crippen LogP contribution >= 0.6 is 0 Å². The van der Waals surface area contributed by atoms with E-state index in [1.807, 2.05) is 81.4 Å². The molecule has 5 heterocycles. The van der Waals surface area contributed by atoms with E-state index in [1.165, 1.54) is 0 Å². The van der Waals surface area contributed by atoms with Crippen LogP contribution in [0, 0.1) is 0 Å². The number of esters is 1. The molecular formula is C53H46N4O6. The Kier molecular flexibility index (Phi) is 10.9. The SMILES string of the molecule is COc1ccc(-c2c3nc(c(-c4ccc(OC)cc4)c4ccc([nH]4)c(-c4ccc(OCC(=O)OC(C)(C)C)cc4)c4nc(c(-c5ccc(OC)cc5)c5ccc2[nH]5)C=C4)C=C3)cc1. The summed E-state index contributed by atoms with van der Waals surface area (Å²) in [5.41, 5.74) is 13.4. The Hall–Kier alpha value is -7.85. The van der Waals surface area contributed by atoms with Crippen LogP contribution in [0.15, 0.2) is 121 Å². The number of carbonyl (C=O) groups is 1. The largest absolute Gasteiger partial charge is 0.497 e. The lowest BCUT2D eigenvalue weighted by Gasteiger charge is -2.19. The molecule has 10 nitrogen and oxygen atoms in total. The first-order chi connectivity index (χ1) is 30.6. The van der Waals surface area contributed by atoms with Gasteiger partial charge in [-0.2, -0.15) is 0 Å². The van der Waals surface area contributed by atoms with Crippen LogP contribution in [0.4, 0.5) is 0 Å². The summed E-state index contributed by atoms with van der Waals surface area (Å²) in [5.74, 6) is 2.38. The zero-order chi connectivity index (χ0) is 43.7. The van der Waals surface area contributed by atoms with Gasteiger partial charge in [-0.05, 0) is 140 Å². The fourth-order valence-corrected chi connectivity index (χ4v) is 7.92. The molecule has 314 valence electrons. The molecule has 0 aliphatic carbocycles. The molecule has 2 aliphatic rings. The second kappa shape index (κ2) is 16.9. The van der Waals surface area contributed by atoms with Crippen molar-refractivity contribution in [1.82, 2.24) is 19.9 Å². The van der Waals surface area contributed by atoms with E-state index in [2.05, 4.69) is 94.9 Å². The smallest absolute Gasteiger partial charge is 0.344 e. The van der Waals surface area contributed by atoms with E-state index in [9.17, 15) is 4.79 Å². The van der Waals surface area contributed by atoms with Gasteiger partial charge in [-0.3, -0.25) is 0 Å². The molecule has 9 rings (SSSR count). The van der Waals surface area contributed by atoms with Gasteiger partial charge in [0.2, 0.25) is 0 Å². The minimum absolute atomic E-state index is 0.202. The molecule has 0 atom stereocenters. The van der Waals surface area contributed by atoms with Crippen molar-refractivity contribution >= 4 is 52.3 Å². The summed E-state index contributed by atoms with van der Waals surface area (Å²) >= 11 is 0. The molecule has 0 fully saturated rings. The minimum atomic E-state index is -0.607. The van der Waals surface area contributed by atoms with Crippen molar-refractivity contribution in [3.05, 3.63) is 144 Å². The number of nitrogens with zero attached hydrogens (tertiary/aromatic N) is 2. The molecule has 0 spiro atoms. The average molecular weight is 835 g/mol. The monoisotopic (exact) mass is 834 g/mol. The lowest BCUT2D eigenvalue weighted by Crippen LogP contribution is -2.27. The Balaban J connectivity index is 1.33. The maximum absolute atomic E-state index is 12.5. The Morgan fingerprint density at radius 1 is 0.444 bits per heavy atom. The number of ether oxygens (including phenoxy) is 5. The highest BCUT2D eigenvalue weighted by molar-refractivity contribution is 6.00. The quantitative estimate of drug-likeness (QED) is 0.131. The number of benzene rings is 4. The highest BCUT2D eigenvalue weighted by Gasteiger charge is 2.20. The normalized spacial score (nSPS) is 12.0. The van der Waals surface area contributed by atoms with Crippen LogP contribution < -0.4 is 18.9 Å². The number of aromatic nitrogens is 4. The van der Waals surface area contributed by atoms with Crippen molar-refractivity contribution < 1.29 is 28.5 Å². The van der Waals surface area contributed by atoms with E-state index in [-0.39, 0.29) is 6.61 Å². The standard InChI is InChI=1S/C53H46N4O6/c1-53(2,3)63-48(58)31-62-39-21-13-35(14-22-39)52-46-29-27-44(56-46)50(33-9-17-37(60-5)18-10-33)42-25-23-40(54-42)49(32-7-15-36(59-4)16-8-32)41-24-26-43(55-41)51(45-28-30-47(52)57-45)34-11-19-38(61-6)20-12-34/h7-30,54,57H,31H2,1-6H3. The van der Waals surface area contributed by atoms with Crippen LogP contribution in [0.3, 0.4) is 0 Å². The topological polar surface area (TPSA) is 121 Å². The Morgan fingerprint density at radius 2 is 0.730 bits per heavy atom. The van der Waals surface area contributed by atoms with Gasteiger partial charge in [-0.15, -0.1) is 0 Å². The zero-order valence-corrected chi connectivity index (χ0v) is 35.9. The summed E-state index contributed by atoms with van der Waals surface area (Å²) in [4.78, 5) is 30.8. The molecule has 0 radical (unpaired) electrons. The Labute approximate surface area is 365 Å². The number of rotatable bonds is 10. The van der Waals surface area contributed by atoms with Crippen molar-refractivity contribution in [3.63, 3.8) is 0 Å². The number of hydrogen-bond donors (Lipinski definition) is 2. The maximum atomic E-state index is 12.5. The third-order valence-electron chi connectivity index (χ3n) is 10.8. The number of H-pyrrole nitrogens is 2. The number of carbonyl (C=O) groups excluding carboxylic acids is 1. The predicted octanol–water partition coefficient (Wildman–Crippen LogP) is 12.1. The highest BCUT2D eigenvalue weighted by atomic mass is 16.6. The second-order valence-electron chi connectivity index (χ2n) is 16.1. The van der Waals surface area contributed by atoms with Crippen molar-refractivity contribution in [2.75, 3.05) is 27.9 Å². The number of methoxy groups -OCH3 is 3. The van der Waals surface area contributed by atoms with Gasteiger partial charge in [0.1, 0.15) is 28.6 Å². The minimum Gasteiger partial charge on any atom is -0.497 e. The summed E-state index contributed by atoms with van der Waals surface area (Å²) in [5, 5.41) is 0. The van der Waals surface area contributed by atoms with Gasteiger partial charge in [0.25, 0.3) is 0 Å². The molecule has 2 N–H and O–H groups in total. The first-order valence-corrected chi connectivity index (χ1v) is 20.6. The number of hydrogen-bond acceptors (Lipinski definition) is 8. The number of fused-ring (bicyclic) bond motifs is 8. The number of nitrogens with one attached hydrogen (secondary N) is 2. The van der Waals surface area contributed by atoms with E-state index < -0.39 is 11.6 Å². The Morgan fingerprint density at radius 3 is 1.00 bits per heavy atom. The van der Waals surface area contributed by atoms with E-state index in [0.717, 1.165) is 107 Å². The van der Waals surface area contributed by atoms with E-state index in [0.29, 0.717) is 5.75 Å². The molecule has 63 heavy (non-hydrogen) atoms. The third-order valence-corrected chi connectivity index (χ3v) is 10.8. The first kappa shape index (κ1) is 40.6. The van der Waals surface area contributed by atoms with Gasteiger partial charge < -0.3 is 33.7 Å². The van der Waals surface area contributed by atoms with Gasteiger partial charge in [0.15, 0.2) is 6.61 Å². The first-order valence-electron chi connectivity index (χ1n) is 20.6. The van der Waals surface area contributed by atoms with Crippen molar-refractivity contribution in [1.29, 1.82) is 0 Å². The van der Waals surface area contributed by atoms with Crippen molar-refractivity contribution in [2.45, 2.75) is 26.4 Å². The summed E-state index contributed by atoms with van der Waals surface area (Å²) in [7, 11) is 5.00. The van der Waals surface area contributed by atoms with Crippen molar-refractivity contribution in [2.24, 2.45) is 0 Å². The lowest BCUT2D eigenvalue weighted by atomic mass is 10.0. The lowest BCUT2D eigenvalue weighted by molar-refractivity contribution is -0.157. The molecule has 8 bridgehead atoms. The number of aromatic amines is 2. The van der Waals surface area contributed by atoms with Crippen LogP contribution in [-0.2, 0) is 9.53 Å². The predicted molar refractivity (Wildman–Crippen MR) is 252 cm³/mol. The van der Waals surface area contributed by atoms with Crippen molar-refractivity contribution in [3.8, 4) is 67.5 Å². The van der Waals surface area contributed by atoms with E-state index in [1.54, 1.807) is 21.3 Å². The molecule has 2 aliphatic heterocycles. The fraction of sp³-hybridized carbons (Fsp3) is 0.151.